The number of rotatable bonds is 7. The van der Waals surface area contributed by atoms with Crippen molar-refractivity contribution in [3.05, 3.63) is 0 Å². The molecule has 0 bridgehead atoms. The van der Waals surface area contributed by atoms with Crippen molar-refractivity contribution in [1.29, 1.82) is 0 Å². The summed E-state index contributed by atoms with van der Waals surface area (Å²) >= 11 is 0. The highest BCUT2D eigenvalue weighted by Crippen LogP contribution is 2.34. The molecule has 0 aromatic rings. The number of aliphatic carboxylic acids is 1. The largest absolute Gasteiger partial charge is 0.481 e. The van der Waals surface area contributed by atoms with Crippen LogP contribution in [-0.4, -0.2) is 36.5 Å². The molecule has 1 saturated carbocycles. The van der Waals surface area contributed by atoms with Gasteiger partial charge in [0.05, 0.1) is 19.3 Å². The molecule has 19 heavy (non-hydrogen) atoms. The Hall–Kier alpha value is -1.30. The van der Waals surface area contributed by atoms with E-state index in [0.717, 1.165) is 12.3 Å². The predicted molar refractivity (Wildman–Crippen MR) is 70.8 cm³/mol. The van der Waals surface area contributed by atoms with E-state index in [-0.39, 0.29) is 12.5 Å². The van der Waals surface area contributed by atoms with E-state index in [1.807, 2.05) is 6.92 Å². The van der Waals surface area contributed by atoms with Crippen LogP contribution in [0.15, 0.2) is 0 Å². The van der Waals surface area contributed by atoms with Crippen molar-refractivity contribution >= 4 is 12.1 Å². The predicted octanol–water partition coefficient (Wildman–Crippen LogP) is 2.16. The van der Waals surface area contributed by atoms with E-state index in [1.54, 1.807) is 0 Å². The number of methoxy groups -OCH3 is 1. The molecule has 1 aliphatic rings. The van der Waals surface area contributed by atoms with Crippen LogP contribution >= 0.6 is 0 Å². The number of amides is 1. The van der Waals surface area contributed by atoms with E-state index < -0.39 is 12.1 Å². The number of ether oxygens (including phenoxy) is 2. The number of nitrogens with two attached hydrogens (primary N) is 1. The van der Waals surface area contributed by atoms with Gasteiger partial charge in [-0.25, -0.2) is 4.79 Å². The highest BCUT2D eigenvalue weighted by atomic mass is 16.5. The number of carbonyl (C=O) groups is 2. The van der Waals surface area contributed by atoms with Gasteiger partial charge in [0.1, 0.15) is 0 Å². The van der Waals surface area contributed by atoms with Gasteiger partial charge in [-0.2, -0.15) is 0 Å². The van der Waals surface area contributed by atoms with E-state index in [1.165, 1.54) is 20.0 Å². The number of carboxylic acids is 1. The topological polar surface area (TPSA) is 98.8 Å². The van der Waals surface area contributed by atoms with Crippen LogP contribution in [0.4, 0.5) is 4.79 Å². The quantitative estimate of drug-likeness (QED) is 0.741. The molecule has 1 rings (SSSR count). The van der Waals surface area contributed by atoms with Crippen molar-refractivity contribution < 1.29 is 24.2 Å². The molecule has 1 aliphatic carbocycles. The maximum absolute atomic E-state index is 10.3. The third-order valence-corrected chi connectivity index (χ3v) is 2.94. The number of hydrogen-bond donors (Lipinski definition) is 2. The minimum Gasteiger partial charge on any atom is -0.481 e. The Morgan fingerprint density at radius 3 is 2.26 bits per heavy atom. The average Bonchev–Trinajstić information content (AvgIpc) is 3.12. The molecule has 6 nitrogen and oxygen atoms in total. The van der Waals surface area contributed by atoms with Crippen LogP contribution < -0.4 is 5.73 Å². The maximum atomic E-state index is 10.3. The zero-order chi connectivity index (χ0) is 14.8. The Balaban J connectivity index is 0.000000555. The second-order valence-electron chi connectivity index (χ2n) is 4.80. The van der Waals surface area contributed by atoms with Gasteiger partial charge in [0.25, 0.3) is 0 Å². The Labute approximate surface area is 114 Å². The van der Waals surface area contributed by atoms with Crippen LogP contribution in [0, 0.1) is 5.92 Å². The van der Waals surface area contributed by atoms with E-state index in [2.05, 4.69) is 17.4 Å². The minimum absolute atomic E-state index is 0.199. The van der Waals surface area contributed by atoms with Gasteiger partial charge in [0.15, 0.2) is 0 Å². The van der Waals surface area contributed by atoms with Gasteiger partial charge in [-0.15, -0.1) is 0 Å². The van der Waals surface area contributed by atoms with E-state index >= 15 is 0 Å². The Bertz CT molecular complexity index is 278. The zero-order valence-electron chi connectivity index (χ0n) is 11.9. The molecule has 1 unspecified atom stereocenters. The van der Waals surface area contributed by atoms with E-state index in [0.29, 0.717) is 12.5 Å². The lowest BCUT2D eigenvalue weighted by molar-refractivity contribution is -0.137. The molecule has 0 radical (unpaired) electrons. The fourth-order valence-corrected chi connectivity index (χ4v) is 1.65. The molecule has 0 aromatic heterocycles. The van der Waals surface area contributed by atoms with Crippen molar-refractivity contribution in [2.45, 2.75) is 58.2 Å². The Morgan fingerprint density at radius 1 is 1.37 bits per heavy atom. The first-order valence-corrected chi connectivity index (χ1v) is 6.57. The van der Waals surface area contributed by atoms with Crippen molar-refractivity contribution in [2.24, 2.45) is 11.7 Å². The number of carboxylic acid groups (broad SMARTS) is 1. The van der Waals surface area contributed by atoms with Crippen molar-refractivity contribution in [2.75, 3.05) is 7.11 Å². The van der Waals surface area contributed by atoms with Gasteiger partial charge in [0.2, 0.25) is 0 Å². The first-order chi connectivity index (χ1) is 8.86. The molecule has 0 saturated heterocycles. The highest BCUT2D eigenvalue weighted by molar-refractivity contribution is 5.66. The Morgan fingerprint density at radius 2 is 1.89 bits per heavy atom. The lowest BCUT2D eigenvalue weighted by Crippen LogP contribution is -2.18. The summed E-state index contributed by atoms with van der Waals surface area (Å²) < 4.78 is 9.65. The normalized spacial score (nSPS) is 16.8. The molecular formula is C13H25NO5. The number of hydrogen-bond acceptors (Lipinski definition) is 4. The smallest absolute Gasteiger partial charge is 0.404 e. The van der Waals surface area contributed by atoms with Gasteiger partial charge < -0.3 is 20.3 Å². The molecule has 112 valence electrons. The summed E-state index contributed by atoms with van der Waals surface area (Å²) in [5.74, 6) is 0.0457. The second kappa shape index (κ2) is 9.61. The van der Waals surface area contributed by atoms with Crippen LogP contribution in [0.2, 0.25) is 0 Å². The molecule has 2 atom stereocenters. The summed E-state index contributed by atoms with van der Waals surface area (Å²) in [6.07, 6.45) is 4.22. The third-order valence-electron chi connectivity index (χ3n) is 2.94. The lowest BCUT2D eigenvalue weighted by atomic mass is 10.1. The van der Waals surface area contributed by atoms with E-state index in [9.17, 15) is 9.59 Å². The maximum Gasteiger partial charge on any atom is 0.404 e. The average molecular weight is 275 g/mol. The van der Waals surface area contributed by atoms with Gasteiger partial charge in [-0.05, 0) is 45.4 Å². The summed E-state index contributed by atoms with van der Waals surface area (Å²) in [4.78, 5) is 19.6. The molecule has 0 heterocycles. The molecule has 0 aliphatic heterocycles. The molecular weight excluding hydrogens is 250 g/mol. The fraction of sp³-hybridized carbons (Fsp3) is 0.846. The van der Waals surface area contributed by atoms with Crippen LogP contribution in [0.3, 0.4) is 0 Å². The minimum atomic E-state index is -0.745. The molecule has 0 spiro atoms. The summed E-state index contributed by atoms with van der Waals surface area (Å²) in [6.45, 7) is 4.14. The van der Waals surface area contributed by atoms with Crippen LogP contribution in [-0.2, 0) is 14.3 Å². The highest BCUT2D eigenvalue weighted by Gasteiger charge is 2.29. The third kappa shape index (κ3) is 11.5. The van der Waals surface area contributed by atoms with Crippen LogP contribution in [0.25, 0.3) is 0 Å². The van der Waals surface area contributed by atoms with Crippen molar-refractivity contribution in [3.8, 4) is 0 Å². The first-order valence-electron chi connectivity index (χ1n) is 6.57. The fourth-order valence-electron chi connectivity index (χ4n) is 1.65. The second-order valence-corrected chi connectivity index (χ2v) is 4.80. The summed E-state index contributed by atoms with van der Waals surface area (Å²) in [6, 6.07) is 0. The van der Waals surface area contributed by atoms with Gasteiger partial charge in [0, 0.05) is 6.42 Å². The number of carbonyl (C=O) groups excluding carboxylic acids is 1. The van der Waals surface area contributed by atoms with Crippen molar-refractivity contribution in [3.63, 3.8) is 0 Å². The number of primary amides is 1. The summed E-state index contributed by atoms with van der Waals surface area (Å²) in [5, 5.41) is 8.47. The Kier molecular flexibility index (Phi) is 8.95. The van der Waals surface area contributed by atoms with Gasteiger partial charge >= 0.3 is 12.1 Å². The van der Waals surface area contributed by atoms with Gasteiger partial charge in [-0.3, -0.25) is 4.79 Å². The summed E-state index contributed by atoms with van der Waals surface area (Å²) in [7, 11) is 1.22. The SMILES string of the molecule is CC(O[C@H](C)CCCC(=O)O)C1CC1.COC(N)=O. The summed E-state index contributed by atoms with van der Waals surface area (Å²) in [5.41, 5.74) is 4.43. The molecule has 1 amide bonds. The van der Waals surface area contributed by atoms with Gasteiger partial charge in [-0.1, -0.05) is 0 Å². The van der Waals surface area contributed by atoms with Crippen LogP contribution in [0.1, 0.15) is 46.0 Å². The zero-order valence-corrected chi connectivity index (χ0v) is 11.9. The van der Waals surface area contributed by atoms with Crippen LogP contribution in [0.5, 0.6) is 0 Å². The molecule has 0 aromatic carbocycles. The first kappa shape index (κ1) is 17.7. The molecule has 3 N–H and O–H groups in total. The lowest BCUT2D eigenvalue weighted by Gasteiger charge is -2.18. The monoisotopic (exact) mass is 275 g/mol. The van der Waals surface area contributed by atoms with Crippen molar-refractivity contribution in [1.82, 2.24) is 0 Å². The van der Waals surface area contributed by atoms with E-state index in [4.69, 9.17) is 9.84 Å². The molecule has 6 heteroatoms. The molecule has 1 fully saturated rings. The standard InChI is InChI=1S/C11H20O3.C2H5NO2/c1-8(4-3-5-11(12)13)14-9(2)10-6-7-10;1-5-2(3)4/h8-10H,3-7H2,1-2H3,(H,12,13);1H3,(H2,3,4)/t8-,9?;/m1./s1.